The number of aliphatic hydroxyl groups is 2. The summed E-state index contributed by atoms with van der Waals surface area (Å²) >= 11 is 0. The fraction of sp³-hybridized carbons (Fsp3) is 1.00. The minimum Gasteiger partial charge on any atom is -0.345 e. The standard InChI is InChI=1S/C10H24NO2/c1-5-7-11(8-6-2,9(3)12)10(4)13/h9-10,12-13H,5-8H2,1-4H3/q+1. The molecule has 0 aromatic heterocycles. The van der Waals surface area contributed by atoms with Gasteiger partial charge in [-0.3, -0.25) is 4.48 Å². The molecule has 0 heterocycles. The van der Waals surface area contributed by atoms with Gasteiger partial charge in [0.2, 0.25) is 0 Å². The van der Waals surface area contributed by atoms with E-state index in [9.17, 15) is 10.2 Å². The highest BCUT2D eigenvalue weighted by molar-refractivity contribution is 4.45. The molecule has 0 radical (unpaired) electrons. The summed E-state index contributed by atoms with van der Waals surface area (Å²) in [4.78, 5) is 0. The highest BCUT2D eigenvalue weighted by Crippen LogP contribution is 2.18. The molecular weight excluding hydrogens is 166 g/mol. The number of rotatable bonds is 6. The number of hydrogen-bond acceptors (Lipinski definition) is 2. The SMILES string of the molecule is CCC[N+](CCC)(C(C)O)C(C)O. The first-order valence-corrected chi connectivity index (χ1v) is 5.23. The van der Waals surface area contributed by atoms with E-state index in [1.54, 1.807) is 13.8 Å². The van der Waals surface area contributed by atoms with Crippen molar-refractivity contribution in [2.24, 2.45) is 0 Å². The van der Waals surface area contributed by atoms with Gasteiger partial charge >= 0.3 is 0 Å². The predicted molar refractivity (Wildman–Crippen MR) is 53.9 cm³/mol. The third-order valence-corrected chi connectivity index (χ3v) is 2.77. The van der Waals surface area contributed by atoms with E-state index in [4.69, 9.17) is 0 Å². The van der Waals surface area contributed by atoms with E-state index in [1.165, 1.54) is 0 Å². The van der Waals surface area contributed by atoms with Gasteiger partial charge in [0.05, 0.1) is 13.1 Å². The molecule has 13 heavy (non-hydrogen) atoms. The summed E-state index contributed by atoms with van der Waals surface area (Å²) in [6, 6.07) is 0. The number of nitrogens with zero attached hydrogens (tertiary/aromatic N) is 1. The number of aliphatic hydroxyl groups excluding tert-OH is 2. The van der Waals surface area contributed by atoms with E-state index in [1.807, 2.05) is 0 Å². The third-order valence-electron chi connectivity index (χ3n) is 2.77. The highest BCUT2D eigenvalue weighted by atomic mass is 16.3. The fourth-order valence-electron chi connectivity index (χ4n) is 2.00. The van der Waals surface area contributed by atoms with Crippen LogP contribution in [0.5, 0.6) is 0 Å². The molecule has 0 aliphatic heterocycles. The second kappa shape index (κ2) is 5.58. The molecule has 80 valence electrons. The first-order chi connectivity index (χ1) is 6.01. The third kappa shape index (κ3) is 2.93. The Labute approximate surface area is 81.6 Å². The first kappa shape index (κ1) is 12.9. The fourth-order valence-corrected chi connectivity index (χ4v) is 2.00. The molecule has 0 rings (SSSR count). The zero-order valence-corrected chi connectivity index (χ0v) is 9.32. The second-order valence-electron chi connectivity index (χ2n) is 3.81. The van der Waals surface area contributed by atoms with Crippen LogP contribution in [0.4, 0.5) is 0 Å². The Balaban J connectivity index is 4.59. The molecule has 0 aliphatic rings. The van der Waals surface area contributed by atoms with Crippen LogP contribution in [-0.4, -0.2) is 40.2 Å². The van der Waals surface area contributed by atoms with Gasteiger partial charge in [0, 0.05) is 13.8 Å². The summed E-state index contributed by atoms with van der Waals surface area (Å²) in [7, 11) is 0. The summed E-state index contributed by atoms with van der Waals surface area (Å²) in [5.41, 5.74) is 0. The van der Waals surface area contributed by atoms with Crippen LogP contribution in [0.15, 0.2) is 0 Å². The molecule has 0 saturated heterocycles. The van der Waals surface area contributed by atoms with Crippen LogP contribution in [0.2, 0.25) is 0 Å². The molecule has 3 nitrogen and oxygen atoms in total. The van der Waals surface area contributed by atoms with Crippen molar-refractivity contribution >= 4 is 0 Å². The summed E-state index contributed by atoms with van der Waals surface area (Å²) in [6.07, 6.45) is 0.991. The molecule has 3 heteroatoms. The zero-order valence-electron chi connectivity index (χ0n) is 9.32. The first-order valence-electron chi connectivity index (χ1n) is 5.23. The molecule has 0 saturated carbocycles. The molecule has 2 unspecified atom stereocenters. The lowest BCUT2D eigenvalue weighted by Gasteiger charge is -2.43. The van der Waals surface area contributed by atoms with Crippen molar-refractivity contribution in [3.05, 3.63) is 0 Å². The molecule has 0 aromatic carbocycles. The number of hydrogen-bond donors (Lipinski definition) is 2. The average Bonchev–Trinajstić information content (AvgIpc) is 2.03. The van der Waals surface area contributed by atoms with Crippen molar-refractivity contribution in [1.82, 2.24) is 0 Å². The topological polar surface area (TPSA) is 40.5 Å². The van der Waals surface area contributed by atoms with E-state index in [0.29, 0.717) is 4.48 Å². The van der Waals surface area contributed by atoms with Crippen molar-refractivity contribution in [3.8, 4) is 0 Å². The normalized spacial score (nSPS) is 17.1. The van der Waals surface area contributed by atoms with Crippen LogP contribution in [-0.2, 0) is 0 Å². The van der Waals surface area contributed by atoms with Gasteiger partial charge in [0.1, 0.15) is 0 Å². The summed E-state index contributed by atoms with van der Waals surface area (Å²) < 4.78 is 0.410. The minimum atomic E-state index is -0.486. The predicted octanol–water partition coefficient (Wildman–Crippen LogP) is 1.30. The van der Waals surface area contributed by atoms with Crippen LogP contribution >= 0.6 is 0 Å². The van der Waals surface area contributed by atoms with Crippen LogP contribution in [0.25, 0.3) is 0 Å². The maximum atomic E-state index is 9.71. The average molecular weight is 190 g/mol. The van der Waals surface area contributed by atoms with Gasteiger partial charge in [-0.05, 0) is 12.8 Å². The van der Waals surface area contributed by atoms with E-state index in [-0.39, 0.29) is 0 Å². The summed E-state index contributed by atoms with van der Waals surface area (Å²) in [6.45, 7) is 9.35. The molecule has 0 fully saturated rings. The Bertz CT molecular complexity index is 119. The van der Waals surface area contributed by atoms with E-state index in [2.05, 4.69) is 13.8 Å². The molecule has 0 bridgehead atoms. The zero-order chi connectivity index (χ0) is 10.5. The molecule has 0 aliphatic carbocycles. The lowest BCUT2D eigenvalue weighted by atomic mass is 10.2. The van der Waals surface area contributed by atoms with Gasteiger partial charge in [-0.1, -0.05) is 13.8 Å². The number of quaternary nitrogens is 1. The van der Waals surface area contributed by atoms with Crippen LogP contribution in [0.1, 0.15) is 40.5 Å². The summed E-state index contributed by atoms with van der Waals surface area (Å²) in [5, 5.41) is 19.4. The van der Waals surface area contributed by atoms with Crippen molar-refractivity contribution < 1.29 is 14.7 Å². The molecule has 0 aromatic rings. The molecule has 2 N–H and O–H groups in total. The minimum absolute atomic E-state index is 0.410. The van der Waals surface area contributed by atoms with Crippen LogP contribution in [0, 0.1) is 0 Å². The molecular formula is C10H24NO2+. The van der Waals surface area contributed by atoms with Gasteiger partial charge < -0.3 is 10.2 Å². The van der Waals surface area contributed by atoms with E-state index in [0.717, 1.165) is 25.9 Å². The van der Waals surface area contributed by atoms with Crippen LogP contribution in [0.3, 0.4) is 0 Å². The Morgan fingerprint density at radius 2 is 1.23 bits per heavy atom. The molecule has 0 amide bonds. The molecule has 0 spiro atoms. The van der Waals surface area contributed by atoms with E-state index >= 15 is 0 Å². The van der Waals surface area contributed by atoms with Gasteiger partial charge in [0.15, 0.2) is 12.5 Å². The Kier molecular flexibility index (Phi) is 5.53. The Hall–Kier alpha value is -0.120. The maximum Gasteiger partial charge on any atom is 0.189 e. The molecule has 2 atom stereocenters. The second-order valence-corrected chi connectivity index (χ2v) is 3.81. The van der Waals surface area contributed by atoms with E-state index < -0.39 is 12.5 Å². The largest absolute Gasteiger partial charge is 0.345 e. The lowest BCUT2D eigenvalue weighted by Crippen LogP contribution is -2.60. The van der Waals surface area contributed by atoms with Gasteiger partial charge in [0.25, 0.3) is 0 Å². The highest BCUT2D eigenvalue weighted by Gasteiger charge is 2.35. The smallest absolute Gasteiger partial charge is 0.189 e. The van der Waals surface area contributed by atoms with Gasteiger partial charge in [-0.2, -0.15) is 0 Å². The van der Waals surface area contributed by atoms with Gasteiger partial charge in [-0.15, -0.1) is 0 Å². The van der Waals surface area contributed by atoms with Gasteiger partial charge in [-0.25, -0.2) is 0 Å². The quantitative estimate of drug-likeness (QED) is 0.489. The Morgan fingerprint density at radius 1 is 0.923 bits per heavy atom. The van der Waals surface area contributed by atoms with Crippen molar-refractivity contribution in [3.63, 3.8) is 0 Å². The summed E-state index contributed by atoms with van der Waals surface area (Å²) in [5.74, 6) is 0. The van der Waals surface area contributed by atoms with Crippen molar-refractivity contribution in [2.45, 2.75) is 53.0 Å². The maximum absolute atomic E-state index is 9.71. The van der Waals surface area contributed by atoms with Crippen molar-refractivity contribution in [2.75, 3.05) is 13.1 Å². The lowest BCUT2D eigenvalue weighted by molar-refractivity contribution is -1.01. The van der Waals surface area contributed by atoms with Crippen LogP contribution < -0.4 is 0 Å². The van der Waals surface area contributed by atoms with Crippen molar-refractivity contribution in [1.29, 1.82) is 0 Å². The monoisotopic (exact) mass is 190 g/mol. The Morgan fingerprint density at radius 3 is 1.38 bits per heavy atom.